The molecular weight excluding hydrogens is 392 g/mol. The van der Waals surface area contributed by atoms with E-state index in [1.807, 2.05) is 0 Å². The van der Waals surface area contributed by atoms with Crippen LogP contribution in [0.1, 0.15) is 33.6 Å². The number of rotatable bonds is 5. The highest BCUT2D eigenvalue weighted by Gasteiger charge is 2.45. The molecule has 162 valence electrons. The molecule has 0 unspecified atom stereocenters. The molecule has 1 aliphatic carbocycles. The first-order valence-electron chi connectivity index (χ1n) is 9.56. The predicted octanol–water partition coefficient (Wildman–Crippen LogP) is 1.73. The molecule has 0 radical (unpaired) electrons. The molecule has 0 aromatic heterocycles. The number of ether oxygens (including phenoxy) is 3. The second kappa shape index (κ2) is 10.2. The fourth-order valence-corrected chi connectivity index (χ4v) is 3.44. The van der Waals surface area contributed by atoms with E-state index in [1.54, 1.807) is 19.1 Å². The molecule has 0 aromatic carbocycles. The van der Waals surface area contributed by atoms with E-state index in [9.17, 15) is 19.2 Å². The summed E-state index contributed by atoms with van der Waals surface area (Å²) in [6, 6.07) is 0. The predicted molar refractivity (Wildman–Crippen MR) is 106 cm³/mol. The van der Waals surface area contributed by atoms with Crippen LogP contribution in [-0.4, -0.2) is 54.2 Å². The van der Waals surface area contributed by atoms with Crippen molar-refractivity contribution >= 4 is 24.2 Å². The first-order chi connectivity index (χ1) is 14.2. The lowest BCUT2D eigenvalue weighted by Crippen LogP contribution is -2.34. The smallest absolute Gasteiger partial charge is 0.334 e. The number of aldehydes is 1. The van der Waals surface area contributed by atoms with Crippen molar-refractivity contribution in [3.63, 3.8) is 0 Å². The quantitative estimate of drug-likeness (QED) is 0.236. The number of hydrogen-bond donors (Lipinski definition) is 1. The molecule has 0 bridgehead atoms. The molecule has 8 heteroatoms. The first-order valence-corrected chi connectivity index (χ1v) is 9.56. The molecule has 0 amide bonds. The zero-order valence-electron chi connectivity index (χ0n) is 17.3. The summed E-state index contributed by atoms with van der Waals surface area (Å²) in [5, 5.41) is 9.00. The van der Waals surface area contributed by atoms with Gasteiger partial charge in [0.25, 0.3) is 0 Å². The van der Waals surface area contributed by atoms with Crippen LogP contribution < -0.4 is 0 Å². The number of carbonyl (C=O) groups is 4. The summed E-state index contributed by atoms with van der Waals surface area (Å²) in [7, 11) is 0. The molecule has 2 rings (SSSR count). The Bertz CT molecular complexity index is 832. The standard InChI is InChI=1S/C22H26O8/c1-12(7-8-23)21(26)29-19-10-16(11-24)5-6-17(28-15(4)25)13(2)9-18-20(19)14(3)22(27)30-18/h5,7,9,11,17-20,23H,3,6,8,10H2,1-2,4H3/b12-7+,13-9-,16-5+/t17-,18-,19-,20+/m1/s1. The molecule has 30 heavy (non-hydrogen) atoms. The van der Waals surface area contributed by atoms with Crippen molar-refractivity contribution in [2.45, 2.75) is 51.9 Å². The van der Waals surface area contributed by atoms with Gasteiger partial charge in [-0.15, -0.1) is 0 Å². The highest BCUT2D eigenvalue weighted by molar-refractivity contribution is 5.92. The second-order valence-corrected chi connectivity index (χ2v) is 7.28. The maximum Gasteiger partial charge on any atom is 0.334 e. The van der Waals surface area contributed by atoms with Crippen LogP contribution in [0, 0.1) is 5.92 Å². The Balaban J connectivity index is 2.47. The molecule has 2 aliphatic rings. The minimum atomic E-state index is -0.894. The van der Waals surface area contributed by atoms with Gasteiger partial charge in [0.05, 0.1) is 12.5 Å². The Kier molecular flexibility index (Phi) is 7.88. The van der Waals surface area contributed by atoms with Crippen LogP contribution in [-0.2, 0) is 33.4 Å². The molecule has 1 saturated heterocycles. The van der Waals surface area contributed by atoms with Crippen molar-refractivity contribution in [3.05, 3.63) is 47.1 Å². The van der Waals surface area contributed by atoms with Crippen molar-refractivity contribution in [2.75, 3.05) is 6.61 Å². The Morgan fingerprint density at radius 1 is 1.33 bits per heavy atom. The van der Waals surface area contributed by atoms with Crippen molar-refractivity contribution in [1.82, 2.24) is 0 Å². The molecule has 1 fully saturated rings. The summed E-state index contributed by atoms with van der Waals surface area (Å²) in [5.74, 6) is -2.51. The van der Waals surface area contributed by atoms with Gasteiger partial charge in [0.1, 0.15) is 24.6 Å². The van der Waals surface area contributed by atoms with Gasteiger partial charge in [-0.3, -0.25) is 9.59 Å². The summed E-state index contributed by atoms with van der Waals surface area (Å²) in [6.45, 7) is 7.96. The van der Waals surface area contributed by atoms with E-state index < -0.39 is 42.1 Å². The van der Waals surface area contributed by atoms with Crippen molar-refractivity contribution in [1.29, 1.82) is 0 Å². The van der Waals surface area contributed by atoms with Gasteiger partial charge < -0.3 is 19.3 Å². The fraction of sp³-hybridized carbons (Fsp3) is 0.455. The van der Waals surface area contributed by atoms with Crippen LogP contribution in [0.25, 0.3) is 0 Å². The average molecular weight is 418 g/mol. The molecule has 0 saturated carbocycles. The molecule has 1 heterocycles. The molecule has 1 aliphatic heterocycles. The minimum Gasteiger partial charge on any atom is -0.458 e. The molecule has 0 spiro atoms. The Morgan fingerprint density at radius 2 is 2.03 bits per heavy atom. The average Bonchev–Trinajstić information content (AvgIpc) is 2.95. The summed E-state index contributed by atoms with van der Waals surface area (Å²) >= 11 is 0. The third-order valence-electron chi connectivity index (χ3n) is 5.07. The lowest BCUT2D eigenvalue weighted by atomic mass is 9.85. The number of fused-ring (bicyclic) bond motifs is 1. The van der Waals surface area contributed by atoms with E-state index in [1.165, 1.54) is 19.9 Å². The monoisotopic (exact) mass is 418 g/mol. The molecule has 1 N–H and O–H groups in total. The molecular formula is C22H26O8. The summed E-state index contributed by atoms with van der Waals surface area (Å²) < 4.78 is 16.3. The van der Waals surface area contributed by atoms with Crippen LogP contribution >= 0.6 is 0 Å². The maximum atomic E-state index is 12.4. The van der Waals surface area contributed by atoms with E-state index in [4.69, 9.17) is 19.3 Å². The number of aliphatic hydroxyl groups is 1. The van der Waals surface area contributed by atoms with E-state index in [2.05, 4.69) is 6.58 Å². The third-order valence-corrected chi connectivity index (χ3v) is 5.07. The van der Waals surface area contributed by atoms with Crippen LogP contribution in [0.5, 0.6) is 0 Å². The van der Waals surface area contributed by atoms with Gasteiger partial charge in [0.15, 0.2) is 0 Å². The van der Waals surface area contributed by atoms with Gasteiger partial charge in [0.2, 0.25) is 0 Å². The Morgan fingerprint density at radius 3 is 2.63 bits per heavy atom. The normalized spacial score (nSPS) is 30.7. The van der Waals surface area contributed by atoms with Crippen LogP contribution in [0.3, 0.4) is 0 Å². The van der Waals surface area contributed by atoms with Crippen molar-refractivity contribution in [2.24, 2.45) is 5.92 Å². The van der Waals surface area contributed by atoms with Gasteiger partial charge in [-0.05, 0) is 37.1 Å². The second-order valence-electron chi connectivity index (χ2n) is 7.28. The fourth-order valence-electron chi connectivity index (χ4n) is 3.44. The zero-order valence-corrected chi connectivity index (χ0v) is 17.3. The summed E-state index contributed by atoms with van der Waals surface area (Å²) in [6.07, 6.45) is 3.17. The largest absolute Gasteiger partial charge is 0.458 e. The van der Waals surface area contributed by atoms with E-state index in [-0.39, 0.29) is 30.6 Å². The number of esters is 3. The molecule has 0 aromatic rings. The topological polar surface area (TPSA) is 116 Å². The van der Waals surface area contributed by atoms with Crippen molar-refractivity contribution in [3.8, 4) is 0 Å². The highest BCUT2D eigenvalue weighted by Crippen LogP contribution is 2.36. The number of hydrogen-bond acceptors (Lipinski definition) is 8. The molecule has 4 atom stereocenters. The van der Waals surface area contributed by atoms with Crippen LogP contribution in [0.2, 0.25) is 0 Å². The van der Waals surface area contributed by atoms with Crippen LogP contribution in [0.4, 0.5) is 0 Å². The van der Waals surface area contributed by atoms with Gasteiger partial charge in [-0.1, -0.05) is 12.7 Å². The molecule has 8 nitrogen and oxygen atoms in total. The lowest BCUT2D eigenvalue weighted by molar-refractivity contribution is -0.148. The van der Waals surface area contributed by atoms with Gasteiger partial charge in [-0.2, -0.15) is 0 Å². The third kappa shape index (κ3) is 5.54. The van der Waals surface area contributed by atoms with E-state index >= 15 is 0 Å². The SMILES string of the molecule is C=C1C(=O)O[C@@H]2/C=C(/C)[C@H](OC(C)=O)C/C=C(/C=O)C[C@@H](OC(=O)/C(C)=C/CO)[C@@H]12. The van der Waals surface area contributed by atoms with Gasteiger partial charge >= 0.3 is 17.9 Å². The number of carbonyl (C=O) groups excluding carboxylic acids is 4. The highest BCUT2D eigenvalue weighted by atomic mass is 16.6. The summed E-state index contributed by atoms with van der Waals surface area (Å²) in [4.78, 5) is 47.7. The Labute approximate surface area is 174 Å². The zero-order chi connectivity index (χ0) is 22.4. The maximum absolute atomic E-state index is 12.4. The lowest BCUT2D eigenvalue weighted by Gasteiger charge is -2.28. The van der Waals surface area contributed by atoms with Crippen molar-refractivity contribution < 1.29 is 38.5 Å². The van der Waals surface area contributed by atoms with Gasteiger partial charge in [-0.25, -0.2) is 9.59 Å². The van der Waals surface area contributed by atoms with Gasteiger partial charge in [0, 0.05) is 30.9 Å². The first kappa shape index (κ1) is 23.3. The van der Waals surface area contributed by atoms with Crippen LogP contribution in [0.15, 0.2) is 47.1 Å². The Hall–Kier alpha value is -3.00. The number of aliphatic hydroxyl groups excluding tert-OH is 1. The van der Waals surface area contributed by atoms with E-state index in [0.29, 0.717) is 17.4 Å². The summed E-state index contributed by atoms with van der Waals surface area (Å²) in [5.41, 5.74) is 1.28. The van der Waals surface area contributed by atoms with E-state index in [0.717, 1.165) is 0 Å². The minimum absolute atomic E-state index is 0.0259.